The summed E-state index contributed by atoms with van der Waals surface area (Å²) >= 11 is 3.02. The van der Waals surface area contributed by atoms with Gasteiger partial charge >= 0.3 is 6.18 Å². The fraction of sp³-hybridized carbons (Fsp3) is 0.615. The van der Waals surface area contributed by atoms with Gasteiger partial charge in [-0.3, -0.25) is 0 Å². The summed E-state index contributed by atoms with van der Waals surface area (Å²) in [6.45, 7) is 5.28. The van der Waals surface area contributed by atoms with Crippen molar-refractivity contribution in [1.82, 2.24) is 15.2 Å². The Kier molecular flexibility index (Phi) is 5.83. The van der Waals surface area contributed by atoms with E-state index in [2.05, 4.69) is 36.4 Å². The van der Waals surface area contributed by atoms with Crippen molar-refractivity contribution in [1.29, 1.82) is 0 Å². The van der Waals surface area contributed by atoms with Gasteiger partial charge in [0, 0.05) is 43.4 Å². The van der Waals surface area contributed by atoms with Crippen LogP contribution >= 0.6 is 15.9 Å². The highest BCUT2D eigenvalue weighted by molar-refractivity contribution is 9.10. The van der Waals surface area contributed by atoms with Crippen LogP contribution in [-0.2, 0) is 6.18 Å². The van der Waals surface area contributed by atoms with Gasteiger partial charge in [0.15, 0.2) is 0 Å². The van der Waals surface area contributed by atoms with Gasteiger partial charge in [0.25, 0.3) is 0 Å². The Balaban J connectivity index is 1.85. The third kappa shape index (κ3) is 5.12. The van der Waals surface area contributed by atoms with E-state index in [1.165, 1.54) is 6.20 Å². The monoisotopic (exact) mass is 366 g/mol. The second-order valence-corrected chi connectivity index (χ2v) is 5.84. The van der Waals surface area contributed by atoms with Crippen LogP contribution in [0.1, 0.15) is 12.0 Å². The minimum Gasteiger partial charge on any atom is -0.370 e. The van der Waals surface area contributed by atoms with Gasteiger partial charge in [-0.1, -0.05) is 0 Å². The highest BCUT2D eigenvalue weighted by atomic mass is 79.9. The molecule has 0 aromatic carbocycles. The Morgan fingerprint density at radius 3 is 2.71 bits per heavy atom. The summed E-state index contributed by atoms with van der Waals surface area (Å²) in [6.07, 6.45) is -2.25. The molecule has 0 spiro atoms. The molecule has 1 aliphatic heterocycles. The molecule has 1 fully saturated rings. The van der Waals surface area contributed by atoms with Crippen molar-refractivity contribution >= 4 is 21.7 Å². The van der Waals surface area contributed by atoms with Crippen molar-refractivity contribution in [2.75, 3.05) is 44.6 Å². The summed E-state index contributed by atoms with van der Waals surface area (Å²) in [5.41, 5.74) is -0.737. The first-order chi connectivity index (χ1) is 9.97. The fourth-order valence-corrected chi connectivity index (χ4v) is 2.57. The number of nitrogens with zero attached hydrogens (tertiary/aromatic N) is 2. The van der Waals surface area contributed by atoms with Crippen LogP contribution < -0.4 is 10.6 Å². The van der Waals surface area contributed by atoms with Crippen molar-refractivity contribution in [2.45, 2.75) is 12.6 Å². The summed E-state index contributed by atoms with van der Waals surface area (Å²) in [6, 6.07) is 1.05. The third-order valence-corrected chi connectivity index (χ3v) is 3.75. The van der Waals surface area contributed by atoms with Crippen LogP contribution in [0.2, 0.25) is 0 Å². The van der Waals surface area contributed by atoms with E-state index in [0.717, 1.165) is 45.2 Å². The molecular weight excluding hydrogens is 349 g/mol. The number of hydrogen-bond donors (Lipinski definition) is 2. The number of anilines is 1. The molecule has 1 aromatic rings. The number of halogens is 4. The van der Waals surface area contributed by atoms with Crippen LogP contribution in [0.3, 0.4) is 0 Å². The van der Waals surface area contributed by atoms with Crippen molar-refractivity contribution < 1.29 is 13.2 Å². The lowest BCUT2D eigenvalue weighted by molar-refractivity contribution is -0.137. The molecule has 0 atom stereocenters. The van der Waals surface area contributed by atoms with Gasteiger partial charge in [-0.2, -0.15) is 13.2 Å². The van der Waals surface area contributed by atoms with Crippen LogP contribution in [0, 0.1) is 0 Å². The van der Waals surface area contributed by atoms with Gasteiger partial charge in [0.05, 0.1) is 5.56 Å². The van der Waals surface area contributed by atoms with E-state index in [4.69, 9.17) is 0 Å². The molecule has 21 heavy (non-hydrogen) atoms. The summed E-state index contributed by atoms with van der Waals surface area (Å²) in [7, 11) is 0. The van der Waals surface area contributed by atoms with Gasteiger partial charge in [-0.15, -0.1) is 0 Å². The maximum absolute atomic E-state index is 12.9. The first-order valence-corrected chi connectivity index (χ1v) is 7.66. The Labute approximate surface area is 130 Å². The minimum atomic E-state index is -4.41. The summed E-state index contributed by atoms with van der Waals surface area (Å²) in [5.74, 6) is -0.106. The third-order valence-electron chi connectivity index (χ3n) is 3.31. The molecule has 8 heteroatoms. The van der Waals surface area contributed by atoms with E-state index in [0.29, 0.717) is 11.0 Å². The van der Waals surface area contributed by atoms with Gasteiger partial charge in [0.2, 0.25) is 0 Å². The molecule has 0 unspecified atom stereocenters. The molecule has 1 saturated heterocycles. The highest BCUT2D eigenvalue weighted by Crippen LogP contribution is 2.35. The smallest absolute Gasteiger partial charge is 0.370 e. The van der Waals surface area contributed by atoms with E-state index in [-0.39, 0.29) is 5.82 Å². The first kappa shape index (κ1) is 16.5. The molecule has 0 aliphatic carbocycles. The van der Waals surface area contributed by atoms with E-state index in [9.17, 15) is 13.2 Å². The zero-order valence-electron chi connectivity index (χ0n) is 11.5. The lowest BCUT2D eigenvalue weighted by Crippen LogP contribution is -2.44. The predicted octanol–water partition coefficient (Wildman–Crippen LogP) is 2.57. The second kappa shape index (κ2) is 7.42. The number of aromatic nitrogens is 1. The quantitative estimate of drug-likeness (QED) is 0.785. The summed E-state index contributed by atoms with van der Waals surface area (Å²) < 4.78 is 39.1. The molecule has 0 amide bonds. The lowest BCUT2D eigenvalue weighted by atomic mass is 10.2. The van der Waals surface area contributed by atoms with Crippen LogP contribution in [-0.4, -0.2) is 49.2 Å². The van der Waals surface area contributed by atoms with Crippen molar-refractivity contribution in [3.63, 3.8) is 0 Å². The predicted molar refractivity (Wildman–Crippen MR) is 79.4 cm³/mol. The molecular formula is C13H18BrF3N4. The van der Waals surface area contributed by atoms with Gasteiger partial charge in [-0.25, -0.2) is 4.98 Å². The topological polar surface area (TPSA) is 40.2 Å². The maximum atomic E-state index is 12.9. The molecule has 0 radical (unpaired) electrons. The summed E-state index contributed by atoms with van der Waals surface area (Å²) in [4.78, 5) is 6.13. The van der Waals surface area contributed by atoms with Crippen LogP contribution in [0.4, 0.5) is 19.0 Å². The lowest BCUT2D eigenvalue weighted by Gasteiger charge is -2.27. The standard InChI is InChI=1S/C13H18BrF3N4/c14-10-8-11(13(15,16)17)12(20-9-10)19-2-1-5-21-6-3-18-4-7-21/h8-9,18H,1-7H2,(H,19,20). The van der Waals surface area contributed by atoms with Gasteiger partial charge < -0.3 is 15.5 Å². The SMILES string of the molecule is FC(F)(F)c1cc(Br)cnc1NCCCN1CCNCC1. The first-order valence-electron chi connectivity index (χ1n) is 6.86. The summed E-state index contributed by atoms with van der Waals surface area (Å²) in [5, 5.41) is 6.06. The molecule has 2 rings (SSSR count). The van der Waals surface area contributed by atoms with Crippen molar-refractivity contribution in [3.05, 3.63) is 22.3 Å². The number of alkyl halides is 3. The van der Waals surface area contributed by atoms with Crippen LogP contribution in [0.15, 0.2) is 16.7 Å². The maximum Gasteiger partial charge on any atom is 0.419 e. The average Bonchev–Trinajstić information content (AvgIpc) is 2.45. The number of nitrogens with one attached hydrogen (secondary N) is 2. The molecule has 2 N–H and O–H groups in total. The fourth-order valence-electron chi connectivity index (χ4n) is 2.24. The van der Waals surface area contributed by atoms with Crippen LogP contribution in [0.25, 0.3) is 0 Å². The van der Waals surface area contributed by atoms with E-state index < -0.39 is 11.7 Å². The zero-order chi connectivity index (χ0) is 15.3. The zero-order valence-corrected chi connectivity index (χ0v) is 13.1. The van der Waals surface area contributed by atoms with E-state index >= 15 is 0 Å². The van der Waals surface area contributed by atoms with E-state index in [1.54, 1.807) is 0 Å². The van der Waals surface area contributed by atoms with Crippen molar-refractivity contribution in [2.24, 2.45) is 0 Å². The average molecular weight is 367 g/mol. The Bertz CT molecular complexity index is 461. The molecule has 4 nitrogen and oxygen atoms in total. The molecule has 2 heterocycles. The van der Waals surface area contributed by atoms with Crippen LogP contribution in [0.5, 0.6) is 0 Å². The van der Waals surface area contributed by atoms with Gasteiger partial charge in [-0.05, 0) is 35.0 Å². The number of pyridine rings is 1. The Hall–Kier alpha value is -0.860. The highest BCUT2D eigenvalue weighted by Gasteiger charge is 2.34. The molecule has 0 saturated carbocycles. The minimum absolute atomic E-state index is 0.106. The number of rotatable bonds is 5. The normalized spacial score (nSPS) is 17.0. The molecule has 1 aliphatic rings. The molecule has 1 aromatic heterocycles. The molecule has 0 bridgehead atoms. The molecule has 118 valence electrons. The second-order valence-electron chi connectivity index (χ2n) is 4.92. The van der Waals surface area contributed by atoms with Crippen molar-refractivity contribution in [3.8, 4) is 0 Å². The Morgan fingerprint density at radius 2 is 2.05 bits per heavy atom. The van der Waals surface area contributed by atoms with Gasteiger partial charge in [0.1, 0.15) is 5.82 Å². The van der Waals surface area contributed by atoms with E-state index in [1.807, 2.05) is 0 Å². The number of piperazine rings is 1. The number of hydrogen-bond acceptors (Lipinski definition) is 4. The largest absolute Gasteiger partial charge is 0.419 e. The Morgan fingerprint density at radius 1 is 1.33 bits per heavy atom.